The standard InChI is InChI=1S/C12H20N4O2.ClH/c1-12(13)6-4-3-5-8(12)11-15-9(16-18-11)7-10(17)14-2;/h8H,3-7,13H2,1-2H3,(H,14,17);1H. The highest BCUT2D eigenvalue weighted by Crippen LogP contribution is 2.38. The molecule has 0 bridgehead atoms. The van der Waals surface area contributed by atoms with Crippen molar-refractivity contribution in [2.24, 2.45) is 5.73 Å². The van der Waals surface area contributed by atoms with Crippen LogP contribution in [0.15, 0.2) is 4.52 Å². The van der Waals surface area contributed by atoms with Crippen molar-refractivity contribution in [1.82, 2.24) is 15.5 Å². The van der Waals surface area contributed by atoms with Crippen LogP contribution in [0.25, 0.3) is 0 Å². The van der Waals surface area contributed by atoms with E-state index in [2.05, 4.69) is 15.5 Å². The molecular weight excluding hydrogens is 268 g/mol. The first kappa shape index (κ1) is 15.9. The SMILES string of the molecule is CNC(=O)Cc1noc(C2CCCCC2(C)N)n1.Cl. The van der Waals surface area contributed by atoms with E-state index in [1.807, 2.05) is 6.92 Å². The third-order valence-electron chi connectivity index (χ3n) is 3.63. The lowest BCUT2D eigenvalue weighted by Crippen LogP contribution is -2.44. The molecule has 2 atom stereocenters. The number of amides is 1. The Morgan fingerprint density at radius 3 is 2.95 bits per heavy atom. The number of carbonyl (C=O) groups excluding carboxylic acids is 1. The minimum absolute atomic E-state index is 0. The van der Waals surface area contributed by atoms with E-state index in [9.17, 15) is 4.79 Å². The summed E-state index contributed by atoms with van der Waals surface area (Å²) in [6.45, 7) is 2.03. The number of hydrogen-bond acceptors (Lipinski definition) is 5. The first-order valence-corrected chi connectivity index (χ1v) is 6.35. The number of hydrogen-bond donors (Lipinski definition) is 2. The molecule has 1 aliphatic rings. The van der Waals surface area contributed by atoms with Crippen molar-refractivity contribution in [3.8, 4) is 0 Å². The monoisotopic (exact) mass is 288 g/mol. The van der Waals surface area contributed by atoms with Gasteiger partial charge in [0.15, 0.2) is 5.82 Å². The number of rotatable bonds is 3. The van der Waals surface area contributed by atoms with Gasteiger partial charge < -0.3 is 15.6 Å². The normalized spacial score (nSPS) is 26.6. The molecule has 1 aromatic heterocycles. The summed E-state index contributed by atoms with van der Waals surface area (Å²) >= 11 is 0. The van der Waals surface area contributed by atoms with Crippen molar-refractivity contribution < 1.29 is 9.32 Å². The van der Waals surface area contributed by atoms with Crippen LogP contribution in [0.3, 0.4) is 0 Å². The number of halogens is 1. The molecule has 1 saturated carbocycles. The third kappa shape index (κ3) is 3.67. The van der Waals surface area contributed by atoms with Crippen LogP contribution in [0.5, 0.6) is 0 Å². The molecule has 1 amide bonds. The minimum atomic E-state index is -0.297. The molecule has 7 heteroatoms. The molecule has 1 aliphatic carbocycles. The maximum absolute atomic E-state index is 11.2. The maximum Gasteiger partial charge on any atom is 0.231 e. The summed E-state index contributed by atoms with van der Waals surface area (Å²) in [7, 11) is 1.58. The Labute approximate surface area is 118 Å². The number of nitrogens with two attached hydrogens (primary N) is 1. The summed E-state index contributed by atoms with van der Waals surface area (Å²) in [5.74, 6) is 0.961. The van der Waals surface area contributed by atoms with Gasteiger partial charge in [-0.3, -0.25) is 4.79 Å². The zero-order chi connectivity index (χ0) is 13.2. The molecule has 1 fully saturated rings. The highest BCUT2D eigenvalue weighted by Gasteiger charge is 2.37. The molecule has 108 valence electrons. The van der Waals surface area contributed by atoms with Gasteiger partial charge >= 0.3 is 0 Å². The average Bonchev–Trinajstić information content (AvgIpc) is 2.76. The minimum Gasteiger partial charge on any atom is -0.359 e. The molecule has 2 rings (SSSR count). The summed E-state index contributed by atoms with van der Waals surface area (Å²) in [6.07, 6.45) is 4.35. The van der Waals surface area contributed by atoms with Crippen molar-refractivity contribution in [3.05, 3.63) is 11.7 Å². The first-order valence-electron chi connectivity index (χ1n) is 6.35. The van der Waals surface area contributed by atoms with Crippen molar-refractivity contribution in [1.29, 1.82) is 0 Å². The van der Waals surface area contributed by atoms with E-state index < -0.39 is 0 Å². The maximum atomic E-state index is 11.2. The van der Waals surface area contributed by atoms with Gasteiger partial charge in [-0.1, -0.05) is 18.0 Å². The van der Waals surface area contributed by atoms with Crippen LogP contribution < -0.4 is 11.1 Å². The summed E-state index contributed by atoms with van der Waals surface area (Å²) < 4.78 is 5.26. The van der Waals surface area contributed by atoms with Crippen LogP contribution in [0.4, 0.5) is 0 Å². The van der Waals surface area contributed by atoms with E-state index in [1.54, 1.807) is 7.05 Å². The van der Waals surface area contributed by atoms with Gasteiger partial charge in [-0.2, -0.15) is 4.98 Å². The zero-order valence-electron chi connectivity index (χ0n) is 11.3. The Bertz CT molecular complexity index is 433. The predicted molar refractivity (Wildman–Crippen MR) is 73.1 cm³/mol. The van der Waals surface area contributed by atoms with Gasteiger partial charge in [-0.25, -0.2) is 0 Å². The molecule has 1 aromatic rings. The fourth-order valence-corrected chi connectivity index (χ4v) is 2.48. The van der Waals surface area contributed by atoms with Crippen LogP contribution in [0, 0.1) is 0 Å². The second-order valence-electron chi connectivity index (χ2n) is 5.20. The lowest BCUT2D eigenvalue weighted by molar-refractivity contribution is -0.120. The summed E-state index contributed by atoms with van der Waals surface area (Å²) in [4.78, 5) is 15.5. The second-order valence-corrected chi connectivity index (χ2v) is 5.20. The molecular formula is C12H21ClN4O2. The van der Waals surface area contributed by atoms with Crippen LogP contribution in [-0.2, 0) is 11.2 Å². The van der Waals surface area contributed by atoms with E-state index in [4.69, 9.17) is 10.3 Å². The predicted octanol–water partition coefficient (Wildman–Crippen LogP) is 1.15. The van der Waals surface area contributed by atoms with Crippen LogP contribution in [0.2, 0.25) is 0 Å². The molecule has 0 aromatic carbocycles. The van der Waals surface area contributed by atoms with Gasteiger partial charge in [0.05, 0.1) is 12.3 Å². The van der Waals surface area contributed by atoms with Crippen molar-refractivity contribution in [2.45, 2.75) is 50.5 Å². The van der Waals surface area contributed by atoms with Gasteiger partial charge in [-0.05, 0) is 19.8 Å². The number of aromatic nitrogens is 2. The summed E-state index contributed by atoms with van der Waals surface area (Å²) in [5.41, 5.74) is 5.99. The Kier molecular flexibility index (Phi) is 5.31. The van der Waals surface area contributed by atoms with Crippen LogP contribution in [-0.4, -0.2) is 28.6 Å². The smallest absolute Gasteiger partial charge is 0.231 e. The Morgan fingerprint density at radius 2 is 2.32 bits per heavy atom. The van der Waals surface area contributed by atoms with Gasteiger partial charge in [0.25, 0.3) is 0 Å². The molecule has 0 aliphatic heterocycles. The molecule has 0 saturated heterocycles. The molecule has 0 radical (unpaired) electrons. The highest BCUT2D eigenvalue weighted by atomic mass is 35.5. The third-order valence-corrected chi connectivity index (χ3v) is 3.63. The molecule has 6 nitrogen and oxygen atoms in total. The average molecular weight is 289 g/mol. The molecule has 19 heavy (non-hydrogen) atoms. The highest BCUT2D eigenvalue weighted by molar-refractivity contribution is 5.85. The topological polar surface area (TPSA) is 94.0 Å². The van der Waals surface area contributed by atoms with Gasteiger partial charge in [-0.15, -0.1) is 12.4 Å². The molecule has 2 unspecified atom stereocenters. The Hall–Kier alpha value is -1.14. The van der Waals surface area contributed by atoms with E-state index in [0.29, 0.717) is 11.7 Å². The lowest BCUT2D eigenvalue weighted by atomic mass is 9.74. The Morgan fingerprint density at radius 1 is 1.58 bits per heavy atom. The summed E-state index contributed by atoms with van der Waals surface area (Å²) in [5, 5.41) is 6.38. The fourth-order valence-electron chi connectivity index (χ4n) is 2.48. The Balaban J connectivity index is 0.00000180. The van der Waals surface area contributed by atoms with Crippen LogP contribution >= 0.6 is 12.4 Å². The number of carbonyl (C=O) groups is 1. The van der Waals surface area contributed by atoms with E-state index >= 15 is 0 Å². The number of likely N-dealkylation sites (N-methyl/N-ethyl adjacent to an activating group) is 1. The molecule has 0 spiro atoms. The van der Waals surface area contributed by atoms with Crippen LogP contribution in [0.1, 0.15) is 50.2 Å². The lowest BCUT2D eigenvalue weighted by Gasteiger charge is -2.35. The largest absolute Gasteiger partial charge is 0.359 e. The van der Waals surface area contributed by atoms with Gasteiger partial charge in [0.1, 0.15) is 0 Å². The van der Waals surface area contributed by atoms with Crippen molar-refractivity contribution in [2.75, 3.05) is 7.05 Å². The quantitative estimate of drug-likeness (QED) is 0.870. The second kappa shape index (κ2) is 6.34. The van der Waals surface area contributed by atoms with E-state index in [-0.39, 0.29) is 36.2 Å². The van der Waals surface area contributed by atoms with E-state index in [1.165, 1.54) is 0 Å². The fraction of sp³-hybridized carbons (Fsp3) is 0.750. The molecule has 3 N–H and O–H groups in total. The van der Waals surface area contributed by atoms with Crippen molar-refractivity contribution >= 4 is 18.3 Å². The summed E-state index contributed by atoms with van der Waals surface area (Å²) in [6, 6.07) is 0. The molecule has 1 heterocycles. The van der Waals surface area contributed by atoms with Gasteiger partial charge in [0, 0.05) is 12.6 Å². The number of nitrogens with zero attached hydrogens (tertiary/aromatic N) is 2. The van der Waals surface area contributed by atoms with Crippen molar-refractivity contribution in [3.63, 3.8) is 0 Å². The number of nitrogens with one attached hydrogen (secondary N) is 1. The van der Waals surface area contributed by atoms with E-state index in [0.717, 1.165) is 25.7 Å². The van der Waals surface area contributed by atoms with Gasteiger partial charge in [0.2, 0.25) is 11.8 Å². The zero-order valence-corrected chi connectivity index (χ0v) is 12.1. The first-order chi connectivity index (χ1) is 8.53.